The van der Waals surface area contributed by atoms with E-state index in [1.165, 1.54) is 13.1 Å². The smallest absolute Gasteiger partial charge is 0.435 e. The summed E-state index contributed by atoms with van der Waals surface area (Å²) in [6.07, 6.45) is -0.0480. The highest BCUT2D eigenvalue weighted by atomic mass is 16.6. The van der Waals surface area contributed by atoms with Crippen LogP contribution in [0, 0.1) is 0 Å². The van der Waals surface area contributed by atoms with E-state index >= 15 is 0 Å². The normalized spacial score (nSPS) is 14.2. The van der Waals surface area contributed by atoms with Crippen LogP contribution in [0.2, 0.25) is 0 Å². The first-order valence-electron chi connectivity index (χ1n) is 7.86. The average molecular weight is 349 g/mol. The predicted octanol–water partition coefficient (Wildman–Crippen LogP) is 1.12. The van der Waals surface area contributed by atoms with Crippen LogP contribution < -0.4 is 10.6 Å². The van der Waals surface area contributed by atoms with Crippen LogP contribution in [0.4, 0.5) is 10.6 Å². The minimum atomic E-state index is -0.858. The zero-order valence-electron chi connectivity index (χ0n) is 14.9. The molecular weight excluding hydrogens is 326 g/mol. The molecule has 0 spiro atoms. The maximum atomic E-state index is 12.1. The van der Waals surface area contributed by atoms with Crippen LogP contribution in [0.15, 0.2) is 18.3 Å². The number of amides is 1. The fraction of sp³-hybridized carbons (Fsp3) is 0.500. The number of ether oxygens (including phenoxy) is 1. The molecule has 0 aliphatic rings. The van der Waals surface area contributed by atoms with Crippen LogP contribution in [0.5, 0.6) is 0 Å². The number of fused-ring (bicyclic) bond motifs is 1. The molecule has 0 aromatic carbocycles. The van der Waals surface area contributed by atoms with Gasteiger partial charge in [-0.15, -0.1) is 0 Å². The van der Waals surface area contributed by atoms with Crippen LogP contribution >= 0.6 is 0 Å². The third-order valence-electron chi connectivity index (χ3n) is 3.32. The van der Waals surface area contributed by atoms with Crippen molar-refractivity contribution in [3.63, 3.8) is 0 Å². The number of anilines is 1. The second kappa shape index (κ2) is 7.16. The van der Waals surface area contributed by atoms with Crippen molar-refractivity contribution in [3.05, 3.63) is 18.3 Å². The Kier molecular flexibility index (Phi) is 5.39. The van der Waals surface area contributed by atoms with E-state index in [1.54, 1.807) is 40.0 Å². The minimum absolute atomic E-state index is 0.294. The van der Waals surface area contributed by atoms with Crippen LogP contribution in [0.25, 0.3) is 11.0 Å². The number of aromatic nitrogens is 3. The molecule has 2 heterocycles. The van der Waals surface area contributed by atoms with Crippen LogP contribution in [-0.2, 0) is 9.53 Å². The lowest BCUT2D eigenvalue weighted by Crippen LogP contribution is -2.46. The van der Waals surface area contributed by atoms with Gasteiger partial charge in [0.05, 0.1) is 17.8 Å². The molecule has 0 aliphatic heterocycles. The van der Waals surface area contributed by atoms with Crippen molar-refractivity contribution in [2.24, 2.45) is 0 Å². The molecule has 0 aliphatic carbocycles. The molecule has 2 aromatic heterocycles. The topological polar surface area (TPSA) is 118 Å². The molecule has 136 valence electrons. The molecule has 9 heteroatoms. The highest BCUT2D eigenvalue weighted by Gasteiger charge is 2.23. The molecule has 2 atom stereocenters. The maximum absolute atomic E-state index is 12.1. The molecule has 1 unspecified atom stereocenters. The van der Waals surface area contributed by atoms with Gasteiger partial charge in [0.25, 0.3) is 0 Å². The number of aliphatic hydroxyl groups is 1. The fourth-order valence-corrected chi connectivity index (χ4v) is 2.23. The van der Waals surface area contributed by atoms with Gasteiger partial charge < -0.3 is 20.5 Å². The molecule has 0 saturated carbocycles. The number of likely N-dealkylation sites (N-methyl/N-ethyl adjacent to an activating group) is 1. The molecule has 3 N–H and O–H groups in total. The molecule has 0 bridgehead atoms. The van der Waals surface area contributed by atoms with Gasteiger partial charge in [-0.1, -0.05) is 0 Å². The van der Waals surface area contributed by atoms with Crippen molar-refractivity contribution in [1.29, 1.82) is 0 Å². The van der Waals surface area contributed by atoms with E-state index in [1.807, 2.05) is 0 Å². The first-order valence-corrected chi connectivity index (χ1v) is 7.86. The highest BCUT2D eigenvalue weighted by Crippen LogP contribution is 2.17. The number of carbonyl (C=O) groups is 2. The van der Waals surface area contributed by atoms with E-state index in [0.717, 1.165) is 4.68 Å². The summed E-state index contributed by atoms with van der Waals surface area (Å²) in [4.78, 5) is 28.5. The monoisotopic (exact) mass is 349 g/mol. The summed E-state index contributed by atoms with van der Waals surface area (Å²) >= 11 is 0. The van der Waals surface area contributed by atoms with Crippen LogP contribution in [-0.4, -0.2) is 56.7 Å². The molecule has 1 amide bonds. The molecule has 25 heavy (non-hydrogen) atoms. The van der Waals surface area contributed by atoms with Crippen molar-refractivity contribution >= 4 is 28.9 Å². The molecule has 0 saturated heterocycles. The second-order valence-electron chi connectivity index (χ2n) is 6.63. The number of nitrogens with zero attached hydrogens (tertiary/aromatic N) is 3. The number of aliphatic hydroxyl groups excluding tert-OH is 1. The van der Waals surface area contributed by atoms with Crippen molar-refractivity contribution in [3.8, 4) is 0 Å². The fourth-order valence-electron chi connectivity index (χ4n) is 2.23. The third-order valence-corrected chi connectivity index (χ3v) is 3.32. The van der Waals surface area contributed by atoms with Crippen LogP contribution in [0.1, 0.15) is 27.7 Å². The second-order valence-corrected chi connectivity index (χ2v) is 6.63. The first kappa shape index (κ1) is 18.8. The summed E-state index contributed by atoms with van der Waals surface area (Å²) in [5.41, 5.74) is 0.259. The number of nitrogens with one attached hydrogen (secondary N) is 2. The van der Waals surface area contributed by atoms with E-state index in [0.29, 0.717) is 16.9 Å². The van der Waals surface area contributed by atoms with Gasteiger partial charge in [-0.05, 0) is 46.9 Å². The number of pyridine rings is 1. The van der Waals surface area contributed by atoms with Gasteiger partial charge in [-0.2, -0.15) is 9.78 Å². The number of rotatable bonds is 4. The van der Waals surface area contributed by atoms with E-state index < -0.39 is 29.7 Å². The van der Waals surface area contributed by atoms with E-state index in [4.69, 9.17) is 4.74 Å². The first-order chi connectivity index (χ1) is 11.6. The quantitative estimate of drug-likeness (QED) is 0.757. The number of hydrogen-bond acceptors (Lipinski definition) is 7. The lowest BCUT2D eigenvalue weighted by atomic mass is 10.1. The maximum Gasteiger partial charge on any atom is 0.435 e. The standard InChI is InChI=1S/C16H23N5O4/c1-9(22)13(17-5)14(23)20-12-7-6-11-10(19-12)8-18-21(11)15(24)25-16(2,3)4/h6-9,13,17,22H,1-5H3,(H,19,20,23)/t9?,13-/m1/s1. The van der Waals surface area contributed by atoms with E-state index in [2.05, 4.69) is 20.7 Å². The summed E-state index contributed by atoms with van der Waals surface area (Å²) < 4.78 is 6.40. The molecular formula is C16H23N5O4. The van der Waals surface area contributed by atoms with Gasteiger partial charge in [0.2, 0.25) is 5.91 Å². The van der Waals surface area contributed by atoms with Gasteiger partial charge in [0, 0.05) is 0 Å². The summed E-state index contributed by atoms with van der Waals surface area (Å²) in [5.74, 6) is -0.119. The van der Waals surface area contributed by atoms with Gasteiger partial charge in [-0.25, -0.2) is 9.78 Å². The van der Waals surface area contributed by atoms with Crippen molar-refractivity contribution < 1.29 is 19.4 Å². The third kappa shape index (κ3) is 4.52. The van der Waals surface area contributed by atoms with Gasteiger partial charge in [-0.3, -0.25) is 4.79 Å². The molecule has 0 radical (unpaired) electrons. The van der Waals surface area contributed by atoms with E-state index in [9.17, 15) is 14.7 Å². The Hall–Kier alpha value is -2.52. The molecule has 0 fully saturated rings. The molecule has 2 aromatic rings. The lowest BCUT2D eigenvalue weighted by Gasteiger charge is -2.19. The van der Waals surface area contributed by atoms with Crippen molar-refractivity contribution in [2.75, 3.05) is 12.4 Å². The Balaban J connectivity index is 2.22. The Morgan fingerprint density at radius 2 is 2.00 bits per heavy atom. The molecule has 2 rings (SSSR count). The zero-order chi connectivity index (χ0) is 18.8. The van der Waals surface area contributed by atoms with E-state index in [-0.39, 0.29) is 0 Å². The molecule has 9 nitrogen and oxygen atoms in total. The minimum Gasteiger partial charge on any atom is -0.442 e. The lowest BCUT2D eigenvalue weighted by molar-refractivity contribution is -0.120. The highest BCUT2D eigenvalue weighted by molar-refractivity contribution is 5.95. The summed E-state index contributed by atoms with van der Waals surface area (Å²) in [7, 11) is 1.58. The Morgan fingerprint density at radius 3 is 2.56 bits per heavy atom. The largest absolute Gasteiger partial charge is 0.442 e. The Labute approximate surface area is 145 Å². The Morgan fingerprint density at radius 1 is 1.32 bits per heavy atom. The predicted molar refractivity (Wildman–Crippen MR) is 92.3 cm³/mol. The van der Waals surface area contributed by atoms with Crippen molar-refractivity contribution in [2.45, 2.75) is 45.4 Å². The van der Waals surface area contributed by atoms with Crippen LogP contribution in [0.3, 0.4) is 0 Å². The van der Waals surface area contributed by atoms with Crippen molar-refractivity contribution in [1.82, 2.24) is 20.1 Å². The van der Waals surface area contributed by atoms with Gasteiger partial charge in [0.1, 0.15) is 23.0 Å². The average Bonchev–Trinajstić information content (AvgIpc) is 2.88. The summed E-state index contributed by atoms with van der Waals surface area (Å²) in [6, 6.07) is 2.41. The summed E-state index contributed by atoms with van der Waals surface area (Å²) in [5, 5.41) is 18.9. The number of hydrogen-bond donors (Lipinski definition) is 3. The Bertz CT molecular complexity index is 778. The SMILES string of the molecule is CN[C@@H](C(=O)Nc1ccc2c(cnn2C(=O)OC(C)(C)C)n1)C(C)O. The number of carbonyl (C=O) groups excluding carboxylic acids is 2. The zero-order valence-corrected chi connectivity index (χ0v) is 14.9. The summed E-state index contributed by atoms with van der Waals surface area (Å²) in [6.45, 7) is 6.82. The van der Waals surface area contributed by atoms with Gasteiger partial charge >= 0.3 is 6.09 Å². The van der Waals surface area contributed by atoms with Gasteiger partial charge in [0.15, 0.2) is 0 Å².